The molecule has 0 amide bonds. The van der Waals surface area contributed by atoms with E-state index in [0.29, 0.717) is 11.4 Å². The van der Waals surface area contributed by atoms with Crippen LogP contribution in [0.1, 0.15) is 37.6 Å². The lowest BCUT2D eigenvalue weighted by molar-refractivity contribution is 0.627. The molecule has 0 radical (unpaired) electrons. The van der Waals surface area contributed by atoms with E-state index in [1.165, 1.54) is 0 Å². The van der Waals surface area contributed by atoms with Gasteiger partial charge in [-0.15, -0.1) is 5.10 Å². The van der Waals surface area contributed by atoms with Crippen molar-refractivity contribution >= 4 is 11.7 Å². The van der Waals surface area contributed by atoms with Crippen LogP contribution in [0.3, 0.4) is 0 Å². The fourth-order valence-corrected chi connectivity index (χ4v) is 1.38. The van der Waals surface area contributed by atoms with Gasteiger partial charge in [0.05, 0.1) is 11.3 Å². The fourth-order valence-electron chi connectivity index (χ4n) is 1.38. The molecule has 88 valence electrons. The number of hydrogen-bond acceptors (Lipinski definition) is 4. The van der Waals surface area contributed by atoms with Gasteiger partial charge in [-0.1, -0.05) is 0 Å². The number of rotatable bonds is 2. The van der Waals surface area contributed by atoms with Crippen molar-refractivity contribution in [3.05, 3.63) is 16.8 Å². The van der Waals surface area contributed by atoms with Crippen LogP contribution in [0.2, 0.25) is 0 Å². The fraction of sp³-hybridized carbons (Fsp3) is 0.545. The van der Waals surface area contributed by atoms with Gasteiger partial charge in [-0.05, 0) is 40.2 Å². The molecule has 0 atom stereocenters. The van der Waals surface area contributed by atoms with Crippen LogP contribution in [0.4, 0.5) is 5.82 Å². The number of nitrogens with one attached hydrogen (secondary N) is 2. The van der Waals surface area contributed by atoms with Crippen LogP contribution in [-0.2, 0) is 0 Å². The SMILES string of the molecule is Cc1nnc(NC(C)(C)C)c(C(=N)N)c1C. The van der Waals surface area contributed by atoms with Crippen molar-refractivity contribution in [3.63, 3.8) is 0 Å². The summed E-state index contributed by atoms with van der Waals surface area (Å²) in [7, 11) is 0. The zero-order valence-corrected chi connectivity index (χ0v) is 10.5. The standard InChI is InChI=1S/C11H19N5/c1-6-7(2)15-16-10(8(6)9(12)13)14-11(3,4)5/h1-5H3,(H3,12,13)(H,14,16). The molecule has 0 saturated carbocycles. The molecule has 0 spiro atoms. The summed E-state index contributed by atoms with van der Waals surface area (Å²) in [5.41, 5.74) is 7.77. The van der Waals surface area contributed by atoms with Gasteiger partial charge >= 0.3 is 0 Å². The highest BCUT2D eigenvalue weighted by Gasteiger charge is 2.18. The third-order valence-corrected chi connectivity index (χ3v) is 2.22. The number of nitrogens with two attached hydrogens (primary N) is 1. The van der Waals surface area contributed by atoms with Crippen molar-refractivity contribution < 1.29 is 0 Å². The molecular formula is C11H19N5. The summed E-state index contributed by atoms with van der Waals surface area (Å²) in [6.07, 6.45) is 0. The normalized spacial score (nSPS) is 11.3. The maximum atomic E-state index is 7.59. The van der Waals surface area contributed by atoms with Gasteiger partial charge in [0.25, 0.3) is 0 Å². The number of aromatic nitrogens is 2. The van der Waals surface area contributed by atoms with Crippen LogP contribution >= 0.6 is 0 Å². The Morgan fingerprint density at radius 1 is 1.25 bits per heavy atom. The summed E-state index contributed by atoms with van der Waals surface area (Å²) in [6, 6.07) is 0. The van der Waals surface area contributed by atoms with E-state index < -0.39 is 0 Å². The van der Waals surface area contributed by atoms with Gasteiger partial charge in [0.2, 0.25) is 0 Å². The Morgan fingerprint density at radius 2 is 1.81 bits per heavy atom. The van der Waals surface area contributed by atoms with E-state index in [2.05, 4.69) is 15.5 Å². The summed E-state index contributed by atoms with van der Waals surface area (Å²) in [6.45, 7) is 9.82. The predicted molar refractivity (Wildman–Crippen MR) is 65.9 cm³/mol. The predicted octanol–water partition coefficient (Wildman–Crippen LogP) is 1.59. The van der Waals surface area contributed by atoms with Crippen LogP contribution in [0.15, 0.2) is 0 Å². The van der Waals surface area contributed by atoms with Gasteiger partial charge in [0.1, 0.15) is 5.84 Å². The average molecular weight is 221 g/mol. The van der Waals surface area contributed by atoms with Crippen molar-refractivity contribution in [3.8, 4) is 0 Å². The second kappa shape index (κ2) is 4.08. The number of hydrogen-bond donors (Lipinski definition) is 3. The quantitative estimate of drug-likeness (QED) is 0.522. The molecule has 0 bridgehead atoms. The van der Waals surface area contributed by atoms with Crippen LogP contribution in [0.5, 0.6) is 0 Å². The maximum Gasteiger partial charge on any atom is 0.160 e. The van der Waals surface area contributed by atoms with E-state index in [-0.39, 0.29) is 11.4 Å². The third-order valence-electron chi connectivity index (χ3n) is 2.22. The van der Waals surface area contributed by atoms with E-state index in [1.54, 1.807) is 0 Å². The van der Waals surface area contributed by atoms with Gasteiger partial charge in [0, 0.05) is 5.54 Å². The Morgan fingerprint density at radius 3 is 2.25 bits per heavy atom. The molecule has 1 heterocycles. The number of nitrogen functional groups attached to an aromatic ring is 1. The Kier molecular flexibility index (Phi) is 3.16. The highest BCUT2D eigenvalue weighted by Crippen LogP contribution is 2.20. The van der Waals surface area contributed by atoms with E-state index in [0.717, 1.165) is 11.3 Å². The largest absolute Gasteiger partial charge is 0.384 e. The minimum atomic E-state index is -0.138. The first-order valence-corrected chi connectivity index (χ1v) is 5.19. The first-order valence-electron chi connectivity index (χ1n) is 5.19. The van der Waals surface area contributed by atoms with Gasteiger partial charge in [-0.25, -0.2) is 0 Å². The molecule has 0 unspecified atom stereocenters. The van der Waals surface area contributed by atoms with Crippen molar-refractivity contribution in [1.82, 2.24) is 10.2 Å². The van der Waals surface area contributed by atoms with E-state index in [1.807, 2.05) is 34.6 Å². The van der Waals surface area contributed by atoms with Gasteiger partial charge in [-0.2, -0.15) is 5.10 Å². The summed E-state index contributed by atoms with van der Waals surface area (Å²) < 4.78 is 0. The summed E-state index contributed by atoms with van der Waals surface area (Å²) >= 11 is 0. The zero-order valence-electron chi connectivity index (χ0n) is 10.5. The molecule has 16 heavy (non-hydrogen) atoms. The highest BCUT2D eigenvalue weighted by atomic mass is 15.2. The number of amidine groups is 1. The number of aryl methyl sites for hydroxylation is 1. The Bertz CT molecular complexity index is 417. The third kappa shape index (κ3) is 2.68. The molecular weight excluding hydrogens is 202 g/mol. The van der Waals surface area contributed by atoms with Crippen LogP contribution in [0, 0.1) is 19.3 Å². The van der Waals surface area contributed by atoms with Gasteiger partial charge in [-0.3, -0.25) is 5.41 Å². The summed E-state index contributed by atoms with van der Waals surface area (Å²) in [5, 5.41) is 18.9. The smallest absolute Gasteiger partial charge is 0.160 e. The number of anilines is 1. The van der Waals surface area contributed by atoms with Crippen LogP contribution in [-0.4, -0.2) is 21.6 Å². The Balaban J connectivity index is 3.29. The molecule has 0 aliphatic carbocycles. The van der Waals surface area contributed by atoms with Crippen molar-refractivity contribution in [2.45, 2.75) is 40.2 Å². The Labute approximate surface area is 96.0 Å². The minimum Gasteiger partial charge on any atom is -0.384 e. The average Bonchev–Trinajstić information content (AvgIpc) is 2.08. The molecule has 0 saturated heterocycles. The minimum absolute atomic E-state index is 0.0160. The summed E-state index contributed by atoms with van der Waals surface area (Å²) in [5.74, 6) is 0.588. The van der Waals surface area contributed by atoms with E-state index >= 15 is 0 Å². The molecule has 4 N–H and O–H groups in total. The van der Waals surface area contributed by atoms with E-state index in [4.69, 9.17) is 11.1 Å². The molecule has 0 fully saturated rings. The first kappa shape index (κ1) is 12.4. The Hall–Kier alpha value is -1.65. The van der Waals surface area contributed by atoms with Crippen molar-refractivity contribution in [1.29, 1.82) is 5.41 Å². The topological polar surface area (TPSA) is 87.7 Å². The van der Waals surface area contributed by atoms with Gasteiger partial charge < -0.3 is 11.1 Å². The molecule has 5 nitrogen and oxygen atoms in total. The lowest BCUT2D eigenvalue weighted by Gasteiger charge is -2.23. The first-order chi connectivity index (χ1) is 7.22. The van der Waals surface area contributed by atoms with Crippen molar-refractivity contribution in [2.24, 2.45) is 5.73 Å². The molecule has 1 rings (SSSR count). The van der Waals surface area contributed by atoms with Crippen molar-refractivity contribution in [2.75, 3.05) is 5.32 Å². The molecule has 0 aliphatic rings. The molecule has 5 heteroatoms. The van der Waals surface area contributed by atoms with E-state index in [9.17, 15) is 0 Å². The lowest BCUT2D eigenvalue weighted by Crippen LogP contribution is -2.30. The molecule has 0 aromatic carbocycles. The second-order valence-corrected chi connectivity index (χ2v) is 4.92. The monoisotopic (exact) mass is 221 g/mol. The van der Waals surface area contributed by atoms with Gasteiger partial charge in [0.15, 0.2) is 5.82 Å². The maximum absolute atomic E-state index is 7.59. The number of nitrogens with zero attached hydrogens (tertiary/aromatic N) is 2. The molecule has 0 aliphatic heterocycles. The second-order valence-electron chi connectivity index (χ2n) is 4.92. The zero-order chi connectivity index (χ0) is 12.5. The van der Waals surface area contributed by atoms with Crippen LogP contribution in [0.25, 0.3) is 0 Å². The summed E-state index contributed by atoms with van der Waals surface area (Å²) in [4.78, 5) is 0. The lowest BCUT2D eigenvalue weighted by atomic mass is 10.1. The molecule has 1 aromatic rings. The van der Waals surface area contributed by atoms with Crippen LogP contribution < -0.4 is 11.1 Å². The molecule has 1 aromatic heterocycles. The highest BCUT2D eigenvalue weighted by molar-refractivity contribution is 6.01.